The van der Waals surface area contributed by atoms with E-state index in [2.05, 4.69) is 0 Å². The van der Waals surface area contributed by atoms with Gasteiger partial charge in [0, 0.05) is 26.8 Å². The summed E-state index contributed by atoms with van der Waals surface area (Å²) in [6.45, 7) is 2.86. The third-order valence-electron chi connectivity index (χ3n) is 3.95. The molecule has 0 radical (unpaired) electrons. The monoisotopic (exact) mass is 293 g/mol. The molecule has 0 aromatic heterocycles. The van der Waals surface area contributed by atoms with Crippen molar-refractivity contribution in [1.82, 2.24) is 4.31 Å². The van der Waals surface area contributed by atoms with E-state index in [0.717, 1.165) is 0 Å². The highest BCUT2D eigenvalue weighted by Gasteiger charge is 2.42. The van der Waals surface area contributed by atoms with Crippen molar-refractivity contribution in [3.05, 3.63) is 0 Å². The Kier molecular flexibility index (Phi) is 5.76. The zero-order valence-corrected chi connectivity index (χ0v) is 12.4. The summed E-state index contributed by atoms with van der Waals surface area (Å²) in [5, 5.41) is 9.27. The average molecular weight is 293 g/mol. The molecule has 7 heteroatoms. The molecule has 0 amide bonds. The molecular formula is C12H23NO5S. The van der Waals surface area contributed by atoms with Crippen LogP contribution in [0.15, 0.2) is 0 Å². The number of methoxy groups -OCH3 is 1. The van der Waals surface area contributed by atoms with Gasteiger partial charge in [-0.05, 0) is 25.7 Å². The molecular weight excluding hydrogens is 270 g/mol. The van der Waals surface area contributed by atoms with Crippen LogP contribution in [-0.2, 0) is 19.6 Å². The molecule has 0 aromatic rings. The molecule has 0 saturated carbocycles. The number of hydrogen-bond donors (Lipinski definition) is 1. The minimum absolute atomic E-state index is 0.0625. The molecule has 19 heavy (non-hydrogen) atoms. The molecule has 0 bridgehead atoms. The second-order valence-electron chi connectivity index (χ2n) is 5.00. The van der Waals surface area contributed by atoms with Gasteiger partial charge in [0.05, 0.1) is 11.2 Å². The van der Waals surface area contributed by atoms with Gasteiger partial charge >= 0.3 is 5.97 Å². The first-order valence-electron chi connectivity index (χ1n) is 6.58. The largest absolute Gasteiger partial charge is 0.481 e. The molecule has 1 aliphatic rings. The Morgan fingerprint density at radius 1 is 1.37 bits per heavy atom. The zero-order valence-electron chi connectivity index (χ0n) is 11.6. The number of ether oxygens (including phenoxy) is 1. The molecule has 0 atom stereocenters. The minimum atomic E-state index is -3.28. The molecule has 1 rings (SSSR count). The summed E-state index contributed by atoms with van der Waals surface area (Å²) in [5.74, 6) is -0.751. The van der Waals surface area contributed by atoms with Crippen LogP contribution >= 0.6 is 0 Å². The van der Waals surface area contributed by atoms with Crippen molar-refractivity contribution in [3.63, 3.8) is 0 Å². The summed E-state index contributed by atoms with van der Waals surface area (Å²) in [6, 6.07) is 0. The number of hydrogen-bond acceptors (Lipinski definition) is 4. The van der Waals surface area contributed by atoms with Gasteiger partial charge in [-0.1, -0.05) is 6.92 Å². The third kappa shape index (κ3) is 3.90. The lowest BCUT2D eigenvalue weighted by molar-refractivity contribution is -0.151. The van der Waals surface area contributed by atoms with Crippen molar-refractivity contribution in [2.45, 2.75) is 32.6 Å². The van der Waals surface area contributed by atoms with Crippen molar-refractivity contribution in [2.24, 2.45) is 5.41 Å². The first kappa shape index (κ1) is 16.4. The van der Waals surface area contributed by atoms with Gasteiger partial charge in [0.2, 0.25) is 10.0 Å². The number of carbonyl (C=O) groups is 1. The molecule has 0 aromatic carbocycles. The number of aliphatic carboxylic acids is 1. The summed E-state index contributed by atoms with van der Waals surface area (Å²) in [5.41, 5.74) is -0.751. The van der Waals surface area contributed by atoms with Crippen LogP contribution in [0.1, 0.15) is 32.6 Å². The van der Waals surface area contributed by atoms with Crippen molar-refractivity contribution in [1.29, 1.82) is 0 Å². The van der Waals surface area contributed by atoms with Crippen LogP contribution in [0.25, 0.3) is 0 Å². The van der Waals surface area contributed by atoms with E-state index in [9.17, 15) is 18.3 Å². The molecule has 1 saturated heterocycles. The van der Waals surface area contributed by atoms with Gasteiger partial charge in [-0.2, -0.15) is 0 Å². The Bertz CT molecular complexity index is 398. The van der Waals surface area contributed by atoms with E-state index in [1.807, 2.05) is 6.92 Å². The fourth-order valence-corrected chi connectivity index (χ4v) is 3.91. The number of carboxylic acids is 1. The number of carboxylic acid groups (broad SMARTS) is 1. The highest BCUT2D eigenvalue weighted by atomic mass is 32.2. The van der Waals surface area contributed by atoms with Crippen LogP contribution in [0.3, 0.4) is 0 Å². The van der Waals surface area contributed by atoms with Crippen LogP contribution in [-0.4, -0.2) is 56.4 Å². The van der Waals surface area contributed by atoms with E-state index >= 15 is 0 Å². The van der Waals surface area contributed by atoms with Crippen LogP contribution in [0, 0.1) is 5.41 Å². The van der Waals surface area contributed by atoms with Crippen molar-refractivity contribution >= 4 is 16.0 Å². The third-order valence-corrected chi connectivity index (χ3v) is 5.91. The maximum absolute atomic E-state index is 12.1. The highest BCUT2D eigenvalue weighted by molar-refractivity contribution is 7.89. The number of nitrogens with zero attached hydrogens (tertiary/aromatic N) is 1. The van der Waals surface area contributed by atoms with Crippen molar-refractivity contribution in [2.75, 3.05) is 32.6 Å². The average Bonchev–Trinajstić information content (AvgIpc) is 2.38. The van der Waals surface area contributed by atoms with Gasteiger partial charge in [-0.25, -0.2) is 12.7 Å². The lowest BCUT2D eigenvalue weighted by Gasteiger charge is -2.37. The van der Waals surface area contributed by atoms with E-state index in [1.165, 1.54) is 11.4 Å². The number of sulfonamides is 1. The smallest absolute Gasteiger partial charge is 0.309 e. The summed E-state index contributed by atoms with van der Waals surface area (Å²) in [4.78, 5) is 11.3. The predicted molar refractivity (Wildman–Crippen MR) is 71.4 cm³/mol. The van der Waals surface area contributed by atoms with Crippen LogP contribution in [0.5, 0.6) is 0 Å². The molecule has 1 heterocycles. The summed E-state index contributed by atoms with van der Waals surface area (Å²) in [7, 11) is -1.74. The lowest BCUT2D eigenvalue weighted by Crippen LogP contribution is -2.46. The fraction of sp³-hybridized carbons (Fsp3) is 0.917. The predicted octanol–water partition coefficient (Wildman–Crippen LogP) is 0.929. The SMILES string of the molecule is CCC1(C(=O)O)CCN(S(=O)(=O)CCCOC)CC1. The van der Waals surface area contributed by atoms with Crippen LogP contribution < -0.4 is 0 Å². The lowest BCUT2D eigenvalue weighted by atomic mass is 9.77. The first-order valence-corrected chi connectivity index (χ1v) is 8.19. The van der Waals surface area contributed by atoms with Gasteiger partial charge in [-0.3, -0.25) is 4.79 Å². The van der Waals surface area contributed by atoms with Gasteiger partial charge in [-0.15, -0.1) is 0 Å². The fourth-order valence-electron chi connectivity index (χ4n) is 2.43. The molecule has 1 aliphatic heterocycles. The molecule has 0 unspecified atom stereocenters. The van der Waals surface area contributed by atoms with Crippen LogP contribution in [0.2, 0.25) is 0 Å². The van der Waals surface area contributed by atoms with Gasteiger partial charge in [0.15, 0.2) is 0 Å². The normalized spacial score (nSPS) is 20.3. The summed E-state index contributed by atoms with van der Waals surface area (Å²) >= 11 is 0. The van der Waals surface area contributed by atoms with Gasteiger partial charge < -0.3 is 9.84 Å². The Morgan fingerprint density at radius 3 is 2.37 bits per heavy atom. The Morgan fingerprint density at radius 2 is 1.95 bits per heavy atom. The van der Waals surface area contributed by atoms with E-state index in [1.54, 1.807) is 0 Å². The Labute approximate surface area is 114 Å². The van der Waals surface area contributed by atoms with E-state index in [0.29, 0.717) is 45.4 Å². The number of rotatable bonds is 7. The standard InChI is InChI=1S/C12H23NO5S/c1-3-12(11(14)15)5-7-13(8-6-12)19(16,17)10-4-9-18-2/h3-10H2,1-2H3,(H,14,15). The molecule has 6 nitrogen and oxygen atoms in total. The molecule has 0 spiro atoms. The molecule has 1 N–H and O–H groups in total. The highest BCUT2D eigenvalue weighted by Crippen LogP contribution is 2.35. The van der Waals surface area contributed by atoms with E-state index in [4.69, 9.17) is 4.74 Å². The minimum Gasteiger partial charge on any atom is -0.481 e. The topological polar surface area (TPSA) is 83.9 Å². The second kappa shape index (κ2) is 6.67. The molecule has 0 aliphatic carbocycles. The molecule has 112 valence electrons. The quantitative estimate of drug-likeness (QED) is 0.706. The van der Waals surface area contributed by atoms with E-state index in [-0.39, 0.29) is 5.75 Å². The molecule has 1 fully saturated rings. The summed E-state index contributed by atoms with van der Waals surface area (Å²) < 4.78 is 30.4. The number of piperidine rings is 1. The Hall–Kier alpha value is -0.660. The van der Waals surface area contributed by atoms with Crippen molar-refractivity contribution in [3.8, 4) is 0 Å². The maximum atomic E-state index is 12.1. The van der Waals surface area contributed by atoms with Crippen LogP contribution in [0.4, 0.5) is 0 Å². The van der Waals surface area contributed by atoms with Gasteiger partial charge in [0.1, 0.15) is 0 Å². The maximum Gasteiger partial charge on any atom is 0.309 e. The first-order chi connectivity index (χ1) is 8.88. The van der Waals surface area contributed by atoms with Crippen molar-refractivity contribution < 1.29 is 23.1 Å². The zero-order chi connectivity index (χ0) is 14.5. The Balaban J connectivity index is 2.60. The van der Waals surface area contributed by atoms with Gasteiger partial charge in [0.25, 0.3) is 0 Å². The second-order valence-corrected chi connectivity index (χ2v) is 7.09. The van der Waals surface area contributed by atoms with E-state index < -0.39 is 21.4 Å². The summed E-state index contributed by atoms with van der Waals surface area (Å²) in [6.07, 6.45) is 1.79.